The van der Waals surface area contributed by atoms with Crippen LogP contribution in [0.1, 0.15) is 36.1 Å². The molecule has 1 aromatic carbocycles. The zero-order chi connectivity index (χ0) is 19.1. The van der Waals surface area contributed by atoms with Crippen molar-refractivity contribution in [3.63, 3.8) is 0 Å². The van der Waals surface area contributed by atoms with Crippen molar-refractivity contribution < 1.29 is 9.53 Å². The van der Waals surface area contributed by atoms with E-state index >= 15 is 0 Å². The predicted molar refractivity (Wildman–Crippen MR) is 107 cm³/mol. The fourth-order valence-electron chi connectivity index (χ4n) is 3.43. The standard InChI is InChI=1S/C22H29N3O2/c1-17-8-9-21(14-18(17)2)27-16-22(26)25(15-19-6-3-4-12-24-19)20-7-5-11-23-13-10-20/h3-4,6,8-9,12,14,20,23H,5,7,10-11,13,15-16H2,1-2H3. The topological polar surface area (TPSA) is 54.5 Å². The quantitative estimate of drug-likeness (QED) is 0.852. The van der Waals surface area contributed by atoms with Crippen molar-refractivity contribution in [3.8, 4) is 5.75 Å². The van der Waals surface area contributed by atoms with Crippen LogP contribution in [-0.4, -0.2) is 41.5 Å². The minimum Gasteiger partial charge on any atom is -0.484 e. The normalized spacial score (nSPS) is 17.2. The maximum Gasteiger partial charge on any atom is 0.261 e. The molecule has 0 aliphatic carbocycles. The molecular formula is C22H29N3O2. The molecule has 1 atom stereocenters. The van der Waals surface area contributed by atoms with Crippen molar-refractivity contribution in [1.29, 1.82) is 0 Å². The summed E-state index contributed by atoms with van der Waals surface area (Å²) in [7, 11) is 0. The van der Waals surface area contributed by atoms with Gasteiger partial charge in [0.2, 0.25) is 0 Å². The van der Waals surface area contributed by atoms with E-state index < -0.39 is 0 Å². The second-order valence-corrected chi connectivity index (χ2v) is 7.21. The van der Waals surface area contributed by atoms with Crippen molar-refractivity contribution in [3.05, 3.63) is 59.4 Å². The fourth-order valence-corrected chi connectivity index (χ4v) is 3.43. The summed E-state index contributed by atoms with van der Waals surface area (Å²) in [6.07, 6.45) is 4.82. The third-order valence-electron chi connectivity index (χ3n) is 5.21. The van der Waals surface area contributed by atoms with Crippen LogP contribution in [0.4, 0.5) is 0 Å². The molecule has 27 heavy (non-hydrogen) atoms. The molecule has 144 valence electrons. The third kappa shape index (κ3) is 5.54. The first-order valence-corrected chi connectivity index (χ1v) is 9.73. The highest BCUT2D eigenvalue weighted by molar-refractivity contribution is 5.78. The molecule has 1 amide bonds. The number of hydrogen-bond acceptors (Lipinski definition) is 4. The first-order valence-electron chi connectivity index (χ1n) is 9.73. The summed E-state index contributed by atoms with van der Waals surface area (Å²) in [4.78, 5) is 19.4. The SMILES string of the molecule is Cc1ccc(OCC(=O)N(Cc2ccccn2)C2CCCNCC2)cc1C. The number of pyridine rings is 1. The highest BCUT2D eigenvalue weighted by Gasteiger charge is 2.25. The van der Waals surface area contributed by atoms with Crippen molar-refractivity contribution in [2.45, 2.75) is 45.7 Å². The zero-order valence-corrected chi connectivity index (χ0v) is 16.3. The predicted octanol–water partition coefficient (Wildman–Crippen LogP) is 3.25. The first kappa shape index (κ1) is 19.4. The van der Waals surface area contributed by atoms with Gasteiger partial charge in [-0.05, 0) is 81.6 Å². The molecule has 1 aliphatic rings. The van der Waals surface area contributed by atoms with Gasteiger partial charge >= 0.3 is 0 Å². The van der Waals surface area contributed by atoms with Gasteiger partial charge in [-0.3, -0.25) is 9.78 Å². The van der Waals surface area contributed by atoms with E-state index in [0.29, 0.717) is 6.54 Å². The van der Waals surface area contributed by atoms with Crippen LogP contribution in [0.3, 0.4) is 0 Å². The summed E-state index contributed by atoms with van der Waals surface area (Å²) in [6, 6.07) is 12.0. The monoisotopic (exact) mass is 367 g/mol. The van der Waals surface area contributed by atoms with Gasteiger partial charge in [-0.15, -0.1) is 0 Å². The number of carbonyl (C=O) groups is 1. The molecule has 1 saturated heterocycles. The van der Waals surface area contributed by atoms with E-state index in [1.54, 1.807) is 6.20 Å². The molecular weight excluding hydrogens is 338 g/mol. The lowest BCUT2D eigenvalue weighted by atomic mass is 10.1. The van der Waals surface area contributed by atoms with Crippen molar-refractivity contribution in [2.24, 2.45) is 0 Å². The highest BCUT2D eigenvalue weighted by atomic mass is 16.5. The molecule has 5 heteroatoms. The van der Waals surface area contributed by atoms with Crippen LogP contribution < -0.4 is 10.1 Å². The molecule has 3 rings (SSSR count). The number of benzene rings is 1. The van der Waals surface area contributed by atoms with Gasteiger partial charge in [0.15, 0.2) is 6.61 Å². The molecule has 1 aromatic heterocycles. The summed E-state index contributed by atoms with van der Waals surface area (Å²) in [5.74, 6) is 0.762. The van der Waals surface area contributed by atoms with E-state index in [1.165, 1.54) is 11.1 Å². The zero-order valence-electron chi connectivity index (χ0n) is 16.3. The number of hydrogen-bond donors (Lipinski definition) is 1. The van der Waals surface area contributed by atoms with Gasteiger partial charge in [0.05, 0.1) is 12.2 Å². The molecule has 2 heterocycles. The van der Waals surface area contributed by atoms with E-state index in [9.17, 15) is 4.79 Å². The lowest BCUT2D eigenvalue weighted by Gasteiger charge is -2.31. The van der Waals surface area contributed by atoms with Gasteiger partial charge in [0.25, 0.3) is 5.91 Å². The van der Waals surface area contributed by atoms with Gasteiger partial charge < -0.3 is 15.0 Å². The lowest BCUT2D eigenvalue weighted by molar-refractivity contribution is -0.136. The molecule has 0 saturated carbocycles. The molecule has 2 aromatic rings. The second kappa shape index (κ2) is 9.51. The van der Waals surface area contributed by atoms with Crippen molar-refractivity contribution >= 4 is 5.91 Å². The van der Waals surface area contributed by atoms with Crippen LogP contribution in [0.5, 0.6) is 5.75 Å². The number of carbonyl (C=O) groups excluding carboxylic acids is 1. The molecule has 1 fully saturated rings. The van der Waals surface area contributed by atoms with E-state index in [2.05, 4.69) is 24.1 Å². The van der Waals surface area contributed by atoms with Crippen LogP contribution in [-0.2, 0) is 11.3 Å². The van der Waals surface area contributed by atoms with Gasteiger partial charge in [0.1, 0.15) is 5.75 Å². The van der Waals surface area contributed by atoms with Gasteiger partial charge in [0, 0.05) is 12.2 Å². The molecule has 0 bridgehead atoms. The van der Waals surface area contributed by atoms with E-state index in [4.69, 9.17) is 4.74 Å². The van der Waals surface area contributed by atoms with E-state index in [1.807, 2.05) is 41.3 Å². The largest absolute Gasteiger partial charge is 0.484 e. The van der Waals surface area contributed by atoms with Gasteiger partial charge in [-0.2, -0.15) is 0 Å². The summed E-state index contributed by atoms with van der Waals surface area (Å²) in [6.45, 7) is 6.66. The van der Waals surface area contributed by atoms with E-state index in [0.717, 1.165) is 43.8 Å². The number of nitrogens with one attached hydrogen (secondary N) is 1. The number of aromatic nitrogens is 1. The van der Waals surface area contributed by atoms with Crippen LogP contribution >= 0.6 is 0 Å². The van der Waals surface area contributed by atoms with Crippen LogP contribution in [0.15, 0.2) is 42.6 Å². The Morgan fingerprint density at radius 2 is 2.07 bits per heavy atom. The highest BCUT2D eigenvalue weighted by Crippen LogP contribution is 2.19. The minimum atomic E-state index is 0.0192. The van der Waals surface area contributed by atoms with Crippen LogP contribution in [0, 0.1) is 13.8 Å². The molecule has 1 unspecified atom stereocenters. The van der Waals surface area contributed by atoms with Crippen molar-refractivity contribution in [2.75, 3.05) is 19.7 Å². The van der Waals surface area contributed by atoms with Gasteiger partial charge in [-0.25, -0.2) is 0 Å². The Bertz CT molecular complexity index is 740. The minimum absolute atomic E-state index is 0.0192. The summed E-state index contributed by atoms with van der Waals surface area (Å²) in [5, 5.41) is 3.42. The Morgan fingerprint density at radius 3 is 2.85 bits per heavy atom. The molecule has 0 spiro atoms. The number of nitrogens with zero attached hydrogens (tertiary/aromatic N) is 2. The smallest absolute Gasteiger partial charge is 0.261 e. The number of amides is 1. The van der Waals surface area contributed by atoms with Gasteiger partial charge in [-0.1, -0.05) is 12.1 Å². The molecule has 5 nitrogen and oxygen atoms in total. The summed E-state index contributed by atoms with van der Waals surface area (Å²) in [5.41, 5.74) is 3.30. The lowest BCUT2D eigenvalue weighted by Crippen LogP contribution is -2.43. The average Bonchev–Trinajstić information content (AvgIpc) is 2.97. The Balaban J connectivity index is 1.69. The summed E-state index contributed by atoms with van der Waals surface area (Å²) < 4.78 is 5.82. The molecule has 1 N–H and O–H groups in total. The Hall–Kier alpha value is -2.40. The molecule has 1 aliphatic heterocycles. The second-order valence-electron chi connectivity index (χ2n) is 7.21. The Morgan fingerprint density at radius 1 is 1.19 bits per heavy atom. The first-order chi connectivity index (χ1) is 13.1. The Labute approximate surface area is 161 Å². The fraction of sp³-hybridized carbons (Fsp3) is 0.455. The molecule has 0 radical (unpaired) electrons. The number of ether oxygens (including phenoxy) is 1. The van der Waals surface area contributed by atoms with Crippen LogP contribution in [0.25, 0.3) is 0 Å². The maximum atomic E-state index is 13.0. The number of aryl methyl sites for hydroxylation is 2. The number of rotatable bonds is 6. The third-order valence-corrected chi connectivity index (χ3v) is 5.21. The van der Waals surface area contributed by atoms with E-state index in [-0.39, 0.29) is 18.6 Å². The van der Waals surface area contributed by atoms with Crippen molar-refractivity contribution in [1.82, 2.24) is 15.2 Å². The maximum absolute atomic E-state index is 13.0. The summed E-state index contributed by atoms with van der Waals surface area (Å²) >= 11 is 0. The Kier molecular flexibility index (Phi) is 6.82. The van der Waals surface area contributed by atoms with Crippen LogP contribution in [0.2, 0.25) is 0 Å². The average molecular weight is 367 g/mol.